The van der Waals surface area contributed by atoms with Gasteiger partial charge in [0.1, 0.15) is 0 Å². The Labute approximate surface area is 129 Å². The highest BCUT2D eigenvalue weighted by Gasteiger charge is 2.38. The van der Waals surface area contributed by atoms with Crippen LogP contribution in [0, 0.1) is 16.0 Å². The Hall–Kier alpha value is -1.92. The molecule has 7 heteroatoms. The Kier molecular flexibility index (Phi) is 6.52. The number of cyclic esters (lactones) is 2. The van der Waals surface area contributed by atoms with Crippen LogP contribution in [0.2, 0.25) is 0 Å². The van der Waals surface area contributed by atoms with E-state index in [9.17, 15) is 19.7 Å². The summed E-state index contributed by atoms with van der Waals surface area (Å²) in [6.45, 7) is 7.61. The highest BCUT2D eigenvalue weighted by atomic mass is 16.6. The molecule has 2 saturated heterocycles. The summed E-state index contributed by atoms with van der Waals surface area (Å²) in [4.78, 5) is 32.0. The van der Waals surface area contributed by atoms with Crippen molar-refractivity contribution in [2.75, 3.05) is 13.2 Å². The molecule has 1 atom stereocenters. The van der Waals surface area contributed by atoms with E-state index in [0.717, 1.165) is 19.3 Å². The molecule has 0 aromatic heterocycles. The number of esters is 2. The van der Waals surface area contributed by atoms with E-state index in [1.165, 1.54) is 13.8 Å². The Morgan fingerprint density at radius 3 is 2.36 bits per heavy atom. The Bertz CT molecular complexity index is 441. The second-order valence-electron chi connectivity index (χ2n) is 6.12. The molecule has 0 amide bonds. The van der Waals surface area contributed by atoms with Gasteiger partial charge < -0.3 is 9.47 Å². The highest BCUT2D eigenvalue weighted by Crippen LogP contribution is 2.26. The van der Waals surface area contributed by atoms with E-state index < -0.39 is 5.54 Å². The van der Waals surface area contributed by atoms with E-state index in [1.54, 1.807) is 0 Å². The summed E-state index contributed by atoms with van der Waals surface area (Å²) in [6, 6.07) is 0. The van der Waals surface area contributed by atoms with Crippen molar-refractivity contribution in [2.45, 2.75) is 51.5 Å². The minimum atomic E-state index is -1.04. The van der Waals surface area contributed by atoms with Gasteiger partial charge in [0.05, 0.1) is 19.1 Å². The van der Waals surface area contributed by atoms with Crippen molar-refractivity contribution in [1.29, 1.82) is 0 Å². The average Bonchev–Trinajstić information content (AvgIpc) is 2.45. The van der Waals surface area contributed by atoms with Gasteiger partial charge in [0.2, 0.25) is 5.54 Å². The average molecular weight is 313 g/mol. The molecule has 2 heterocycles. The van der Waals surface area contributed by atoms with E-state index in [2.05, 4.69) is 11.3 Å². The summed E-state index contributed by atoms with van der Waals surface area (Å²) < 4.78 is 9.51. The molecule has 0 radical (unpaired) electrons. The van der Waals surface area contributed by atoms with Gasteiger partial charge in [-0.3, -0.25) is 14.9 Å². The fourth-order valence-electron chi connectivity index (χ4n) is 2.26. The largest absolute Gasteiger partial charge is 0.465 e. The fourth-order valence-corrected chi connectivity index (χ4v) is 2.26. The molecule has 124 valence electrons. The van der Waals surface area contributed by atoms with Crippen LogP contribution in [0.4, 0.5) is 0 Å². The van der Waals surface area contributed by atoms with Crippen LogP contribution >= 0.6 is 0 Å². The van der Waals surface area contributed by atoms with Crippen molar-refractivity contribution in [3.8, 4) is 0 Å². The van der Waals surface area contributed by atoms with E-state index in [1.807, 2.05) is 0 Å². The van der Waals surface area contributed by atoms with Crippen molar-refractivity contribution in [2.24, 2.45) is 5.92 Å². The Morgan fingerprint density at radius 2 is 1.91 bits per heavy atom. The molecule has 7 nitrogen and oxygen atoms in total. The Morgan fingerprint density at radius 1 is 1.27 bits per heavy atom. The van der Waals surface area contributed by atoms with Crippen molar-refractivity contribution in [3.05, 3.63) is 22.3 Å². The predicted octanol–water partition coefficient (Wildman–Crippen LogP) is 2.26. The minimum absolute atomic E-state index is 0.226. The van der Waals surface area contributed by atoms with Crippen LogP contribution in [0.25, 0.3) is 0 Å². The van der Waals surface area contributed by atoms with Gasteiger partial charge in [-0.2, -0.15) is 0 Å². The highest BCUT2D eigenvalue weighted by molar-refractivity contribution is 5.88. The van der Waals surface area contributed by atoms with Crippen molar-refractivity contribution in [3.63, 3.8) is 0 Å². The molecule has 0 saturated carbocycles. The van der Waals surface area contributed by atoms with Crippen molar-refractivity contribution >= 4 is 11.9 Å². The van der Waals surface area contributed by atoms with Crippen molar-refractivity contribution < 1.29 is 24.0 Å². The van der Waals surface area contributed by atoms with Gasteiger partial charge in [-0.1, -0.05) is 6.58 Å². The minimum Gasteiger partial charge on any atom is -0.465 e. The van der Waals surface area contributed by atoms with Crippen LogP contribution in [0.3, 0.4) is 0 Å². The SMILES string of the molecule is C=C1CCCOC1=O.CC(C)(CC1CCCOC1=O)[N+](=O)[O-]. The molecule has 0 aromatic rings. The first-order valence-corrected chi connectivity index (χ1v) is 7.40. The molecule has 2 aliphatic heterocycles. The summed E-state index contributed by atoms with van der Waals surface area (Å²) >= 11 is 0. The second kappa shape index (κ2) is 7.91. The molecular formula is C15H23NO6. The van der Waals surface area contributed by atoms with Crippen LogP contribution in [-0.4, -0.2) is 35.6 Å². The second-order valence-corrected chi connectivity index (χ2v) is 6.12. The smallest absolute Gasteiger partial charge is 0.333 e. The first-order valence-electron chi connectivity index (χ1n) is 7.40. The van der Waals surface area contributed by atoms with Crippen LogP contribution in [-0.2, 0) is 19.1 Å². The summed E-state index contributed by atoms with van der Waals surface area (Å²) in [5, 5.41) is 10.7. The molecule has 0 aliphatic carbocycles. The summed E-state index contributed by atoms with van der Waals surface area (Å²) in [5.74, 6) is -0.813. The van der Waals surface area contributed by atoms with Crippen LogP contribution in [0.1, 0.15) is 46.0 Å². The van der Waals surface area contributed by atoms with Crippen LogP contribution < -0.4 is 0 Å². The third-order valence-electron chi connectivity index (χ3n) is 3.66. The van der Waals surface area contributed by atoms with E-state index in [-0.39, 0.29) is 29.2 Å². The standard InChI is InChI=1S/C9H15NO4.C6H8O2/c1-9(2,10(12)13)6-7-4-3-5-14-8(7)11;1-5-3-2-4-8-6(5)7/h7H,3-6H2,1-2H3;1-4H2. The molecule has 2 aliphatic rings. The van der Waals surface area contributed by atoms with Gasteiger partial charge in [-0.05, 0) is 25.7 Å². The lowest BCUT2D eigenvalue weighted by atomic mass is 9.87. The van der Waals surface area contributed by atoms with E-state index in [0.29, 0.717) is 25.2 Å². The third kappa shape index (κ3) is 5.46. The van der Waals surface area contributed by atoms with E-state index in [4.69, 9.17) is 4.74 Å². The molecule has 2 fully saturated rings. The number of hydrogen-bond donors (Lipinski definition) is 0. The van der Waals surface area contributed by atoms with Gasteiger partial charge in [-0.25, -0.2) is 4.79 Å². The molecule has 0 aromatic carbocycles. The molecule has 2 rings (SSSR count). The number of ether oxygens (including phenoxy) is 2. The first kappa shape index (κ1) is 18.1. The summed E-state index contributed by atoms with van der Waals surface area (Å²) in [7, 11) is 0. The lowest BCUT2D eigenvalue weighted by molar-refractivity contribution is -0.562. The number of nitrogens with zero attached hydrogens (tertiary/aromatic N) is 1. The lowest BCUT2D eigenvalue weighted by Gasteiger charge is -2.24. The zero-order valence-corrected chi connectivity index (χ0v) is 13.1. The van der Waals surface area contributed by atoms with E-state index >= 15 is 0 Å². The van der Waals surface area contributed by atoms with Gasteiger partial charge in [-0.15, -0.1) is 0 Å². The lowest BCUT2D eigenvalue weighted by Crippen LogP contribution is -2.37. The molecular weight excluding hydrogens is 290 g/mol. The number of carbonyl (C=O) groups excluding carboxylic acids is 2. The first-order chi connectivity index (χ1) is 10.2. The molecule has 0 bridgehead atoms. The molecule has 0 spiro atoms. The maximum atomic E-state index is 11.2. The molecule has 1 unspecified atom stereocenters. The zero-order valence-electron chi connectivity index (χ0n) is 13.1. The van der Waals surface area contributed by atoms with Gasteiger partial charge in [0.15, 0.2) is 0 Å². The van der Waals surface area contributed by atoms with Gasteiger partial charge >= 0.3 is 11.9 Å². The summed E-state index contributed by atoms with van der Waals surface area (Å²) in [6.07, 6.45) is 3.52. The fraction of sp³-hybridized carbons (Fsp3) is 0.733. The third-order valence-corrected chi connectivity index (χ3v) is 3.66. The number of hydrogen-bond acceptors (Lipinski definition) is 6. The van der Waals surface area contributed by atoms with Gasteiger partial charge in [0, 0.05) is 30.8 Å². The predicted molar refractivity (Wildman–Crippen MR) is 78.7 cm³/mol. The normalized spacial score (nSPS) is 22.1. The Balaban J connectivity index is 0.000000255. The topological polar surface area (TPSA) is 95.7 Å². The van der Waals surface area contributed by atoms with Gasteiger partial charge in [0.25, 0.3) is 0 Å². The number of carbonyl (C=O) groups is 2. The monoisotopic (exact) mass is 313 g/mol. The van der Waals surface area contributed by atoms with Crippen molar-refractivity contribution in [1.82, 2.24) is 0 Å². The van der Waals surface area contributed by atoms with Crippen LogP contribution in [0.15, 0.2) is 12.2 Å². The zero-order chi connectivity index (χ0) is 16.8. The van der Waals surface area contributed by atoms with Crippen LogP contribution in [0.5, 0.6) is 0 Å². The number of rotatable bonds is 3. The summed E-state index contributed by atoms with van der Waals surface area (Å²) in [5.41, 5.74) is -0.433. The maximum absolute atomic E-state index is 11.2. The molecule has 0 N–H and O–H groups in total. The molecule has 22 heavy (non-hydrogen) atoms. The number of nitro groups is 1. The quantitative estimate of drug-likeness (QED) is 0.343. The maximum Gasteiger partial charge on any atom is 0.333 e.